The number of carbonyl (C=O) groups excluding carboxylic acids is 1. The van der Waals surface area contributed by atoms with Gasteiger partial charge in [0, 0.05) is 30.9 Å². The first kappa shape index (κ1) is 29.6. The number of pyridine rings is 1. The molecule has 0 radical (unpaired) electrons. The molecular weight excluding hydrogens is 573 g/mol. The molecule has 4 heterocycles. The molecular formula is C31H35F3N8O2. The first-order chi connectivity index (χ1) is 20.9. The number of likely N-dealkylation sites (tertiary alicyclic amines) is 1. The zero-order valence-corrected chi connectivity index (χ0v) is 24.9. The van der Waals surface area contributed by atoms with Crippen molar-refractivity contribution in [2.75, 3.05) is 24.1 Å². The predicted octanol–water partition coefficient (Wildman–Crippen LogP) is 6.22. The number of benzene rings is 1. The van der Waals surface area contributed by atoms with E-state index < -0.39 is 17.3 Å². The molecule has 1 aromatic carbocycles. The van der Waals surface area contributed by atoms with Crippen LogP contribution >= 0.6 is 0 Å². The van der Waals surface area contributed by atoms with Gasteiger partial charge in [-0.15, -0.1) is 10.2 Å². The Balaban J connectivity index is 1.45. The molecule has 0 spiro atoms. The van der Waals surface area contributed by atoms with Crippen LogP contribution in [0.4, 0.5) is 29.6 Å². The largest absolute Gasteiger partial charge is 0.444 e. The van der Waals surface area contributed by atoms with E-state index >= 15 is 0 Å². The van der Waals surface area contributed by atoms with Gasteiger partial charge in [-0.1, -0.05) is 12.1 Å². The number of anilines is 2. The number of nitrogens with two attached hydrogens (primary N) is 1. The average Bonchev–Trinajstić information content (AvgIpc) is 3.64. The molecule has 13 heteroatoms. The fourth-order valence-corrected chi connectivity index (χ4v) is 5.55. The number of amides is 1. The topological polar surface area (TPSA) is 124 Å². The summed E-state index contributed by atoms with van der Waals surface area (Å²) in [4.78, 5) is 24.0. The van der Waals surface area contributed by atoms with Gasteiger partial charge in [-0.3, -0.25) is 9.38 Å². The van der Waals surface area contributed by atoms with Crippen molar-refractivity contribution < 1.29 is 22.7 Å². The number of ether oxygens (including phenoxy) is 1. The van der Waals surface area contributed by atoms with Crippen molar-refractivity contribution in [1.82, 2.24) is 29.5 Å². The minimum atomic E-state index is -4.54. The SMILES string of the molecule is CC(C)(C)OC(=O)N1CCCC(Nc2nc(-c3ccnc(CC4CC4)c3N)c(-c3cccc(C(F)(F)F)c3)c3nncn23)C1. The minimum Gasteiger partial charge on any atom is -0.444 e. The first-order valence-electron chi connectivity index (χ1n) is 14.8. The van der Waals surface area contributed by atoms with Gasteiger partial charge in [0.05, 0.1) is 28.2 Å². The van der Waals surface area contributed by atoms with Crippen LogP contribution in [-0.2, 0) is 17.3 Å². The number of hydrogen-bond donors (Lipinski definition) is 2. The number of aromatic nitrogens is 5. The predicted molar refractivity (Wildman–Crippen MR) is 160 cm³/mol. The van der Waals surface area contributed by atoms with Crippen molar-refractivity contribution in [2.24, 2.45) is 5.92 Å². The Kier molecular flexibility index (Phi) is 7.58. The van der Waals surface area contributed by atoms with Crippen LogP contribution in [0.3, 0.4) is 0 Å². The van der Waals surface area contributed by atoms with Gasteiger partial charge >= 0.3 is 12.3 Å². The van der Waals surface area contributed by atoms with Gasteiger partial charge in [-0.2, -0.15) is 13.2 Å². The van der Waals surface area contributed by atoms with Crippen molar-refractivity contribution in [3.63, 3.8) is 0 Å². The highest BCUT2D eigenvalue weighted by Gasteiger charge is 2.33. The Bertz CT molecular complexity index is 1690. The molecule has 10 nitrogen and oxygen atoms in total. The minimum absolute atomic E-state index is 0.179. The van der Waals surface area contributed by atoms with Gasteiger partial charge in [-0.25, -0.2) is 9.78 Å². The molecule has 3 aromatic heterocycles. The second kappa shape index (κ2) is 11.3. The third kappa shape index (κ3) is 6.27. The monoisotopic (exact) mass is 608 g/mol. The van der Waals surface area contributed by atoms with Crippen LogP contribution < -0.4 is 11.1 Å². The Morgan fingerprint density at radius 1 is 1.16 bits per heavy atom. The molecule has 1 atom stereocenters. The smallest absolute Gasteiger partial charge is 0.416 e. The van der Waals surface area contributed by atoms with Gasteiger partial charge in [0.25, 0.3) is 0 Å². The molecule has 2 fully saturated rings. The number of alkyl halides is 3. The molecule has 44 heavy (non-hydrogen) atoms. The Morgan fingerprint density at radius 3 is 2.68 bits per heavy atom. The van der Waals surface area contributed by atoms with E-state index in [1.165, 1.54) is 12.4 Å². The molecule has 1 amide bonds. The van der Waals surface area contributed by atoms with E-state index in [0.29, 0.717) is 53.1 Å². The van der Waals surface area contributed by atoms with E-state index in [4.69, 9.17) is 15.5 Å². The van der Waals surface area contributed by atoms with E-state index in [0.717, 1.165) is 49.9 Å². The Morgan fingerprint density at radius 2 is 1.95 bits per heavy atom. The standard InChI is InChI=1S/C31H35F3N8O2/c1-30(2,3)44-29(43)41-13-5-8-21(16-41)38-28-39-26(22-11-12-36-23(25(22)35)14-18-9-10-18)24(27-40-37-17-42(27)28)19-6-4-7-20(15-19)31(32,33)34/h4,6-7,11-12,15,17-18,21H,5,8-10,13-14,16,35H2,1-3H3,(H,38,39). The number of nitrogen functional groups attached to an aromatic ring is 1. The van der Waals surface area contributed by atoms with Crippen LogP contribution in [0.5, 0.6) is 0 Å². The van der Waals surface area contributed by atoms with Gasteiger partial charge < -0.3 is 20.7 Å². The number of halogens is 3. The molecule has 1 unspecified atom stereocenters. The molecule has 1 saturated carbocycles. The maximum atomic E-state index is 13.8. The third-order valence-corrected chi connectivity index (χ3v) is 7.85. The third-order valence-electron chi connectivity index (χ3n) is 7.85. The summed E-state index contributed by atoms with van der Waals surface area (Å²) in [5.41, 5.74) is 8.33. The number of nitrogens with zero attached hydrogens (tertiary/aromatic N) is 6. The van der Waals surface area contributed by atoms with Crippen molar-refractivity contribution >= 4 is 23.4 Å². The Labute approximate surface area is 252 Å². The van der Waals surface area contributed by atoms with Gasteiger partial charge in [0.1, 0.15) is 11.9 Å². The normalized spacial score (nSPS) is 17.6. The second-order valence-corrected chi connectivity index (χ2v) is 12.5. The van der Waals surface area contributed by atoms with Crippen LogP contribution in [-0.4, -0.2) is 60.3 Å². The van der Waals surface area contributed by atoms with E-state index in [2.05, 4.69) is 20.5 Å². The summed E-state index contributed by atoms with van der Waals surface area (Å²) < 4.78 is 48.6. The number of hydrogen-bond acceptors (Lipinski definition) is 8. The summed E-state index contributed by atoms with van der Waals surface area (Å²) in [6, 6.07) is 6.63. The summed E-state index contributed by atoms with van der Waals surface area (Å²) in [5, 5.41) is 11.9. The molecule has 1 aliphatic heterocycles. The van der Waals surface area contributed by atoms with Gasteiger partial charge in [0.2, 0.25) is 5.95 Å². The lowest BCUT2D eigenvalue weighted by Gasteiger charge is -2.34. The molecule has 1 saturated heterocycles. The van der Waals surface area contributed by atoms with Crippen molar-refractivity contribution in [3.8, 4) is 22.4 Å². The maximum Gasteiger partial charge on any atom is 0.416 e. The Hall–Kier alpha value is -4.42. The quantitative estimate of drug-likeness (QED) is 0.265. The fraction of sp³-hybridized carbons (Fsp3) is 0.452. The molecule has 232 valence electrons. The van der Waals surface area contributed by atoms with Crippen LogP contribution in [0.25, 0.3) is 28.0 Å². The molecule has 2 aliphatic rings. The zero-order chi connectivity index (χ0) is 31.2. The number of fused-ring (bicyclic) bond motifs is 1. The summed E-state index contributed by atoms with van der Waals surface area (Å²) in [5.74, 6) is 0.901. The number of nitrogens with one attached hydrogen (secondary N) is 1. The lowest BCUT2D eigenvalue weighted by atomic mass is 9.96. The van der Waals surface area contributed by atoms with Gasteiger partial charge in [-0.05, 0) is 82.6 Å². The van der Waals surface area contributed by atoms with Gasteiger partial charge in [0.15, 0.2) is 5.65 Å². The number of piperidine rings is 1. The lowest BCUT2D eigenvalue weighted by molar-refractivity contribution is -0.137. The first-order valence-corrected chi connectivity index (χ1v) is 14.8. The van der Waals surface area contributed by atoms with E-state index in [9.17, 15) is 18.0 Å². The van der Waals surface area contributed by atoms with Crippen LogP contribution in [0.2, 0.25) is 0 Å². The van der Waals surface area contributed by atoms with Crippen LogP contribution in [0.1, 0.15) is 57.7 Å². The number of carbonyl (C=O) groups is 1. The lowest BCUT2D eigenvalue weighted by Crippen LogP contribution is -2.47. The van der Waals surface area contributed by atoms with Crippen LogP contribution in [0, 0.1) is 5.92 Å². The molecule has 6 rings (SSSR count). The van der Waals surface area contributed by atoms with Crippen molar-refractivity contribution in [2.45, 2.75) is 70.7 Å². The number of rotatable bonds is 6. The highest BCUT2D eigenvalue weighted by atomic mass is 19.4. The highest BCUT2D eigenvalue weighted by molar-refractivity contribution is 5.94. The second-order valence-electron chi connectivity index (χ2n) is 12.5. The average molecular weight is 609 g/mol. The summed E-state index contributed by atoms with van der Waals surface area (Å²) in [6.07, 6.45) is 2.65. The molecule has 1 aliphatic carbocycles. The maximum absolute atomic E-state index is 13.8. The fourth-order valence-electron chi connectivity index (χ4n) is 5.55. The molecule has 4 aromatic rings. The summed E-state index contributed by atoms with van der Waals surface area (Å²) in [7, 11) is 0. The highest BCUT2D eigenvalue weighted by Crippen LogP contribution is 2.41. The van der Waals surface area contributed by atoms with E-state index in [-0.39, 0.29) is 17.7 Å². The zero-order valence-electron chi connectivity index (χ0n) is 24.9. The molecule has 3 N–H and O–H groups in total. The molecule has 0 bridgehead atoms. The van der Waals surface area contributed by atoms with Crippen molar-refractivity contribution in [1.29, 1.82) is 0 Å². The summed E-state index contributed by atoms with van der Waals surface area (Å²) in [6.45, 7) is 6.43. The summed E-state index contributed by atoms with van der Waals surface area (Å²) >= 11 is 0. The van der Waals surface area contributed by atoms with Crippen molar-refractivity contribution in [3.05, 3.63) is 54.1 Å². The van der Waals surface area contributed by atoms with E-state index in [1.54, 1.807) is 27.6 Å². The van der Waals surface area contributed by atoms with E-state index in [1.807, 2.05) is 20.8 Å². The van der Waals surface area contributed by atoms with Crippen LogP contribution in [0.15, 0.2) is 42.9 Å².